The second-order valence-corrected chi connectivity index (χ2v) is 5.08. The summed E-state index contributed by atoms with van der Waals surface area (Å²) in [7, 11) is 0. The Morgan fingerprint density at radius 1 is 1.09 bits per heavy atom. The summed E-state index contributed by atoms with van der Waals surface area (Å²) in [6, 6.07) is 8.91. The largest absolute Gasteiger partial charge is 0.455 e. The molecular weight excluding hydrogens is 298 g/mol. The number of carbonyl (C=O) groups excluding carboxylic acids is 1. The number of carbonyl (C=O) groups is 1. The molecule has 0 atom stereocenters. The fourth-order valence-electron chi connectivity index (χ4n) is 2.21. The average Bonchev–Trinajstić information content (AvgIpc) is 2.48. The highest BCUT2D eigenvalue weighted by molar-refractivity contribution is 6.34. The molecule has 22 heavy (non-hydrogen) atoms. The molecule has 0 aliphatic carbocycles. The SMILES string of the molecule is CC.CC(=O)c1c(C)ccc(Oc2cccc(N)c2Cl)c1C. The van der Waals surface area contributed by atoms with Crippen molar-refractivity contribution in [3.05, 3.63) is 52.0 Å². The second kappa shape index (κ2) is 7.85. The molecule has 0 bridgehead atoms. The van der Waals surface area contributed by atoms with Crippen molar-refractivity contribution in [2.75, 3.05) is 5.73 Å². The summed E-state index contributed by atoms with van der Waals surface area (Å²) < 4.78 is 5.80. The molecule has 0 aromatic heterocycles. The van der Waals surface area contributed by atoms with Crippen molar-refractivity contribution in [1.29, 1.82) is 0 Å². The summed E-state index contributed by atoms with van der Waals surface area (Å²) in [6.45, 7) is 9.31. The summed E-state index contributed by atoms with van der Waals surface area (Å²) in [5.41, 5.74) is 8.62. The number of ether oxygens (including phenoxy) is 1. The lowest BCUT2D eigenvalue weighted by atomic mass is 9.99. The normalized spacial score (nSPS) is 9.73. The van der Waals surface area contributed by atoms with E-state index < -0.39 is 0 Å². The van der Waals surface area contributed by atoms with Crippen LogP contribution in [0.2, 0.25) is 5.02 Å². The summed E-state index contributed by atoms with van der Waals surface area (Å²) in [5, 5.41) is 0.372. The van der Waals surface area contributed by atoms with Gasteiger partial charge in [0.2, 0.25) is 0 Å². The van der Waals surface area contributed by atoms with Gasteiger partial charge in [-0.15, -0.1) is 0 Å². The Hall–Kier alpha value is -2.00. The maximum atomic E-state index is 11.7. The fraction of sp³-hybridized carbons (Fsp3) is 0.278. The number of anilines is 1. The van der Waals surface area contributed by atoms with E-state index in [0.717, 1.165) is 11.1 Å². The highest BCUT2D eigenvalue weighted by atomic mass is 35.5. The van der Waals surface area contributed by atoms with Crippen molar-refractivity contribution in [3.8, 4) is 11.5 Å². The number of ketones is 1. The van der Waals surface area contributed by atoms with Crippen LogP contribution < -0.4 is 10.5 Å². The van der Waals surface area contributed by atoms with Crippen molar-refractivity contribution in [3.63, 3.8) is 0 Å². The molecule has 3 nitrogen and oxygen atoms in total. The van der Waals surface area contributed by atoms with Gasteiger partial charge < -0.3 is 10.5 Å². The van der Waals surface area contributed by atoms with Gasteiger partial charge >= 0.3 is 0 Å². The summed E-state index contributed by atoms with van der Waals surface area (Å²) in [6.07, 6.45) is 0. The van der Waals surface area contributed by atoms with E-state index in [-0.39, 0.29) is 5.78 Å². The maximum absolute atomic E-state index is 11.7. The minimum Gasteiger partial charge on any atom is -0.455 e. The van der Waals surface area contributed by atoms with Gasteiger partial charge in [-0.2, -0.15) is 0 Å². The number of benzene rings is 2. The Morgan fingerprint density at radius 3 is 2.32 bits per heavy atom. The molecule has 0 aliphatic rings. The highest BCUT2D eigenvalue weighted by Crippen LogP contribution is 2.35. The molecule has 4 heteroatoms. The van der Waals surface area contributed by atoms with Crippen LogP contribution in [0.1, 0.15) is 42.3 Å². The van der Waals surface area contributed by atoms with E-state index in [1.807, 2.05) is 39.8 Å². The molecule has 0 radical (unpaired) electrons. The van der Waals surface area contributed by atoms with Crippen molar-refractivity contribution in [2.24, 2.45) is 0 Å². The van der Waals surface area contributed by atoms with Gasteiger partial charge in [-0.1, -0.05) is 37.6 Å². The lowest BCUT2D eigenvalue weighted by molar-refractivity contribution is 0.101. The number of hydrogen-bond donors (Lipinski definition) is 1. The van der Waals surface area contributed by atoms with Crippen LogP contribution in [0.25, 0.3) is 0 Å². The van der Waals surface area contributed by atoms with Crippen molar-refractivity contribution in [1.82, 2.24) is 0 Å². The molecule has 2 aromatic carbocycles. The number of hydrogen-bond acceptors (Lipinski definition) is 3. The number of rotatable bonds is 3. The first-order valence-electron chi connectivity index (χ1n) is 7.24. The van der Waals surface area contributed by atoms with Crippen molar-refractivity contribution >= 4 is 23.1 Å². The first-order valence-corrected chi connectivity index (χ1v) is 7.62. The molecule has 2 N–H and O–H groups in total. The molecule has 0 fully saturated rings. The maximum Gasteiger partial charge on any atom is 0.160 e. The monoisotopic (exact) mass is 319 g/mol. The smallest absolute Gasteiger partial charge is 0.160 e. The minimum absolute atomic E-state index is 0.0177. The predicted octanol–water partition coefficient (Wildman–Crippen LogP) is 5.56. The van der Waals surface area contributed by atoms with Crippen LogP contribution in [0, 0.1) is 13.8 Å². The van der Waals surface area contributed by atoms with E-state index in [1.54, 1.807) is 25.1 Å². The summed E-state index contributed by atoms with van der Waals surface area (Å²) in [5.74, 6) is 1.10. The minimum atomic E-state index is 0.0177. The fourth-order valence-corrected chi connectivity index (χ4v) is 2.37. The van der Waals surface area contributed by atoms with Crippen LogP contribution >= 0.6 is 11.6 Å². The van der Waals surface area contributed by atoms with Gasteiger partial charge in [0.15, 0.2) is 5.78 Å². The first kappa shape index (κ1) is 18.1. The van der Waals surface area contributed by atoms with Gasteiger partial charge in [-0.3, -0.25) is 4.79 Å². The Labute approximate surface area is 137 Å². The molecule has 0 spiro atoms. The Morgan fingerprint density at radius 2 is 1.73 bits per heavy atom. The second-order valence-electron chi connectivity index (χ2n) is 4.70. The summed E-state index contributed by atoms with van der Waals surface area (Å²) >= 11 is 6.11. The Balaban J connectivity index is 0.00000116. The van der Waals surface area contributed by atoms with E-state index in [4.69, 9.17) is 22.1 Å². The third kappa shape index (κ3) is 3.80. The molecule has 0 saturated carbocycles. The zero-order valence-corrected chi connectivity index (χ0v) is 14.4. The molecule has 0 saturated heterocycles. The number of nitrogen functional groups attached to an aromatic ring is 1. The van der Waals surface area contributed by atoms with E-state index in [1.165, 1.54) is 0 Å². The van der Waals surface area contributed by atoms with E-state index in [2.05, 4.69) is 0 Å². The zero-order chi connectivity index (χ0) is 16.9. The van der Waals surface area contributed by atoms with Crippen molar-refractivity contribution < 1.29 is 9.53 Å². The van der Waals surface area contributed by atoms with E-state index >= 15 is 0 Å². The van der Waals surface area contributed by atoms with Crippen LogP contribution in [0.15, 0.2) is 30.3 Å². The first-order chi connectivity index (χ1) is 10.4. The standard InChI is InChI=1S/C16H16ClNO2.C2H6/c1-9-7-8-13(10(2)15(9)11(3)19)20-14-6-4-5-12(18)16(14)17;1-2/h4-8H,18H2,1-3H3;1-2H3. The molecule has 0 unspecified atom stereocenters. The van der Waals surface area contributed by atoms with Gasteiger partial charge in [0.1, 0.15) is 16.5 Å². The third-order valence-electron chi connectivity index (χ3n) is 3.19. The van der Waals surface area contributed by atoms with Crippen LogP contribution in [-0.2, 0) is 0 Å². The molecule has 0 amide bonds. The summed E-state index contributed by atoms with van der Waals surface area (Å²) in [4.78, 5) is 11.7. The highest BCUT2D eigenvalue weighted by Gasteiger charge is 2.14. The number of aryl methyl sites for hydroxylation is 1. The van der Waals surface area contributed by atoms with Gasteiger partial charge in [0.05, 0.1) is 5.69 Å². The average molecular weight is 320 g/mol. The predicted molar refractivity (Wildman–Crippen MR) is 93.2 cm³/mol. The van der Waals surface area contributed by atoms with Crippen LogP contribution in [0.4, 0.5) is 5.69 Å². The van der Waals surface area contributed by atoms with Gasteiger partial charge in [-0.05, 0) is 44.5 Å². The van der Waals surface area contributed by atoms with Crippen LogP contribution in [0.3, 0.4) is 0 Å². The number of halogens is 1. The quantitative estimate of drug-likeness (QED) is 0.595. The number of nitrogens with two attached hydrogens (primary N) is 1. The molecule has 0 heterocycles. The van der Waals surface area contributed by atoms with E-state index in [9.17, 15) is 4.79 Å². The van der Waals surface area contributed by atoms with Gasteiger partial charge in [0, 0.05) is 11.1 Å². The van der Waals surface area contributed by atoms with Crippen molar-refractivity contribution in [2.45, 2.75) is 34.6 Å². The number of Topliss-reactive ketones (excluding diaryl/α,β-unsaturated/α-hetero) is 1. The molecule has 2 rings (SSSR count). The lowest BCUT2D eigenvalue weighted by Gasteiger charge is -2.14. The molecule has 0 aliphatic heterocycles. The molecular formula is C18H22ClNO2. The lowest BCUT2D eigenvalue weighted by Crippen LogP contribution is -2.02. The van der Waals surface area contributed by atoms with Gasteiger partial charge in [-0.25, -0.2) is 0 Å². The van der Waals surface area contributed by atoms with Crippen LogP contribution in [0.5, 0.6) is 11.5 Å². The Kier molecular flexibility index (Phi) is 6.44. The van der Waals surface area contributed by atoms with E-state index in [0.29, 0.717) is 27.8 Å². The Bertz CT molecular complexity index is 681. The molecule has 118 valence electrons. The van der Waals surface area contributed by atoms with Crippen LogP contribution in [-0.4, -0.2) is 5.78 Å². The zero-order valence-electron chi connectivity index (χ0n) is 13.7. The topological polar surface area (TPSA) is 52.3 Å². The third-order valence-corrected chi connectivity index (χ3v) is 3.59. The molecule has 2 aromatic rings. The van der Waals surface area contributed by atoms with Gasteiger partial charge in [0.25, 0.3) is 0 Å².